The van der Waals surface area contributed by atoms with Gasteiger partial charge in [-0.3, -0.25) is 10.1 Å². The minimum Gasteiger partial charge on any atom is -0.374 e. The van der Waals surface area contributed by atoms with Crippen LogP contribution in [-0.2, 0) is 10.0 Å². The van der Waals surface area contributed by atoms with Crippen LogP contribution in [0.5, 0.6) is 0 Å². The lowest BCUT2D eigenvalue weighted by Crippen LogP contribution is -2.33. The van der Waals surface area contributed by atoms with E-state index in [1.54, 1.807) is 0 Å². The first-order chi connectivity index (χ1) is 8.57. The van der Waals surface area contributed by atoms with Crippen molar-refractivity contribution in [2.45, 2.75) is 10.4 Å². The number of nitro groups is 1. The van der Waals surface area contributed by atoms with Crippen molar-refractivity contribution in [3.63, 3.8) is 0 Å². The zero-order valence-electron chi connectivity index (χ0n) is 9.32. The molecule has 7 nitrogen and oxygen atoms in total. The van der Waals surface area contributed by atoms with Gasteiger partial charge in [-0.05, 0) is 0 Å². The number of hydrogen-bond donors (Lipinski definition) is 2. The van der Waals surface area contributed by atoms with Crippen molar-refractivity contribution in [1.82, 2.24) is 4.72 Å². The van der Waals surface area contributed by atoms with E-state index in [9.17, 15) is 31.7 Å². The molecular formula is C7H8F3N3O4S2. The Balaban J connectivity index is 3.06. The van der Waals surface area contributed by atoms with E-state index in [2.05, 4.69) is 5.32 Å². The standard InChI is InChI=1S/C7H8F3N3O4S2/c1-11-6-4(13(14)15)2-5(18-6)19(16,17)12-3-7(8,9)10/h2,11-12H,3H2,1H3. The summed E-state index contributed by atoms with van der Waals surface area (Å²) in [5.41, 5.74) is -0.514. The van der Waals surface area contributed by atoms with Gasteiger partial charge in [-0.15, -0.1) is 0 Å². The third-order valence-corrected chi connectivity index (χ3v) is 4.86. The Kier molecular flexibility index (Phi) is 4.37. The largest absolute Gasteiger partial charge is 0.402 e. The van der Waals surface area contributed by atoms with Crippen molar-refractivity contribution in [3.05, 3.63) is 16.2 Å². The predicted molar refractivity (Wildman–Crippen MR) is 61.8 cm³/mol. The minimum absolute atomic E-state index is 0.0580. The van der Waals surface area contributed by atoms with Gasteiger partial charge in [0.05, 0.1) is 4.92 Å². The van der Waals surface area contributed by atoms with Crippen LogP contribution in [0.4, 0.5) is 23.9 Å². The van der Waals surface area contributed by atoms with E-state index in [4.69, 9.17) is 0 Å². The van der Waals surface area contributed by atoms with Crippen LogP contribution in [0.1, 0.15) is 0 Å². The summed E-state index contributed by atoms with van der Waals surface area (Å²) in [5, 5.41) is 13.0. The Hall–Kier alpha value is -1.40. The average molecular weight is 319 g/mol. The number of hydrogen-bond acceptors (Lipinski definition) is 6. The van der Waals surface area contributed by atoms with Crippen LogP contribution >= 0.6 is 11.3 Å². The molecule has 0 bridgehead atoms. The van der Waals surface area contributed by atoms with Crippen LogP contribution in [0.15, 0.2) is 10.3 Å². The molecule has 0 atom stereocenters. The Bertz CT molecular complexity index is 581. The number of nitrogens with zero attached hydrogens (tertiary/aromatic N) is 1. The maximum atomic E-state index is 11.9. The molecule has 1 aromatic rings. The van der Waals surface area contributed by atoms with E-state index < -0.39 is 37.6 Å². The van der Waals surface area contributed by atoms with Crippen LogP contribution in [0.2, 0.25) is 0 Å². The summed E-state index contributed by atoms with van der Waals surface area (Å²) in [6, 6.07) is 0.704. The van der Waals surface area contributed by atoms with Crippen molar-refractivity contribution in [3.8, 4) is 0 Å². The van der Waals surface area contributed by atoms with Gasteiger partial charge in [-0.25, -0.2) is 13.1 Å². The highest BCUT2D eigenvalue weighted by molar-refractivity contribution is 7.91. The van der Waals surface area contributed by atoms with Crippen LogP contribution in [0.3, 0.4) is 0 Å². The zero-order chi connectivity index (χ0) is 14.8. The highest BCUT2D eigenvalue weighted by atomic mass is 32.2. The van der Waals surface area contributed by atoms with Crippen LogP contribution in [0, 0.1) is 10.1 Å². The number of rotatable bonds is 5. The second kappa shape index (κ2) is 5.30. The van der Waals surface area contributed by atoms with Gasteiger partial charge < -0.3 is 5.32 Å². The highest BCUT2D eigenvalue weighted by Gasteiger charge is 2.32. The van der Waals surface area contributed by atoms with Gasteiger partial charge in [0.2, 0.25) is 0 Å². The first-order valence-corrected chi connectivity index (χ1v) is 6.89. The lowest BCUT2D eigenvalue weighted by Gasteiger charge is -2.07. The number of halogens is 3. The fourth-order valence-electron chi connectivity index (χ4n) is 1.05. The number of alkyl halides is 3. The van der Waals surface area contributed by atoms with Crippen LogP contribution < -0.4 is 10.0 Å². The molecule has 0 aliphatic rings. The second-order valence-electron chi connectivity index (χ2n) is 3.23. The number of nitrogens with one attached hydrogen (secondary N) is 2. The Morgan fingerprint density at radius 1 is 1.47 bits per heavy atom. The summed E-state index contributed by atoms with van der Waals surface area (Å²) in [5.74, 6) is 0. The normalized spacial score (nSPS) is 12.4. The summed E-state index contributed by atoms with van der Waals surface area (Å²) in [4.78, 5) is 9.79. The molecule has 19 heavy (non-hydrogen) atoms. The molecule has 0 aliphatic heterocycles. The molecule has 1 rings (SSSR count). The SMILES string of the molecule is CNc1sc(S(=O)(=O)NCC(F)(F)F)cc1[N+](=O)[O-]. The van der Waals surface area contributed by atoms with Crippen molar-refractivity contribution in [2.75, 3.05) is 18.9 Å². The number of sulfonamides is 1. The Morgan fingerprint density at radius 2 is 2.05 bits per heavy atom. The fraction of sp³-hybridized carbons (Fsp3) is 0.429. The van der Waals surface area contributed by atoms with Gasteiger partial charge in [0.1, 0.15) is 10.8 Å². The van der Waals surface area contributed by atoms with Gasteiger partial charge in [0.25, 0.3) is 10.0 Å². The Morgan fingerprint density at radius 3 is 2.42 bits per heavy atom. The number of anilines is 1. The van der Waals surface area contributed by atoms with E-state index in [-0.39, 0.29) is 5.00 Å². The smallest absolute Gasteiger partial charge is 0.374 e. The first-order valence-electron chi connectivity index (χ1n) is 4.59. The Labute approximate surface area is 109 Å². The zero-order valence-corrected chi connectivity index (χ0v) is 10.9. The first kappa shape index (κ1) is 15.7. The van der Waals surface area contributed by atoms with Crippen molar-refractivity contribution in [1.29, 1.82) is 0 Å². The van der Waals surface area contributed by atoms with E-state index in [0.717, 1.165) is 0 Å². The van der Waals surface area contributed by atoms with Crippen molar-refractivity contribution >= 4 is 32.0 Å². The monoisotopic (exact) mass is 319 g/mol. The molecule has 0 fully saturated rings. The quantitative estimate of drug-likeness (QED) is 0.633. The highest BCUT2D eigenvalue weighted by Crippen LogP contribution is 2.36. The lowest BCUT2D eigenvalue weighted by molar-refractivity contribution is -0.383. The summed E-state index contributed by atoms with van der Waals surface area (Å²) < 4.78 is 59.6. The average Bonchev–Trinajstić information content (AvgIpc) is 2.70. The molecule has 0 spiro atoms. The maximum Gasteiger partial charge on any atom is 0.402 e. The third kappa shape index (κ3) is 4.04. The fourth-order valence-corrected chi connectivity index (χ4v) is 3.39. The summed E-state index contributed by atoms with van der Waals surface area (Å²) in [7, 11) is -3.10. The van der Waals surface area contributed by atoms with Crippen LogP contribution in [-0.4, -0.2) is 33.1 Å². The van der Waals surface area contributed by atoms with Crippen molar-refractivity contribution < 1.29 is 26.5 Å². The van der Waals surface area contributed by atoms with E-state index in [1.165, 1.54) is 11.8 Å². The molecule has 0 saturated carbocycles. The van der Waals surface area contributed by atoms with E-state index in [0.29, 0.717) is 17.4 Å². The van der Waals surface area contributed by atoms with Gasteiger partial charge in [-0.1, -0.05) is 11.3 Å². The molecule has 12 heteroatoms. The molecule has 1 aromatic heterocycles. The van der Waals surface area contributed by atoms with Gasteiger partial charge in [0.15, 0.2) is 5.00 Å². The molecule has 1 heterocycles. The van der Waals surface area contributed by atoms with E-state index >= 15 is 0 Å². The molecule has 0 saturated heterocycles. The molecule has 0 aliphatic carbocycles. The van der Waals surface area contributed by atoms with Crippen molar-refractivity contribution in [2.24, 2.45) is 0 Å². The molecule has 0 amide bonds. The molecule has 0 aromatic carbocycles. The summed E-state index contributed by atoms with van der Waals surface area (Å²) in [6.45, 7) is -1.74. The molecule has 0 unspecified atom stereocenters. The van der Waals surface area contributed by atoms with Crippen LogP contribution in [0.25, 0.3) is 0 Å². The molecule has 0 radical (unpaired) electrons. The van der Waals surface area contributed by atoms with Gasteiger partial charge in [0, 0.05) is 13.1 Å². The summed E-state index contributed by atoms with van der Waals surface area (Å²) in [6.07, 6.45) is -4.71. The minimum atomic E-state index is -4.71. The topological polar surface area (TPSA) is 101 Å². The second-order valence-corrected chi connectivity index (χ2v) is 6.27. The van der Waals surface area contributed by atoms with Gasteiger partial charge in [-0.2, -0.15) is 13.2 Å². The summed E-state index contributed by atoms with van der Waals surface area (Å²) >= 11 is 0.475. The predicted octanol–water partition coefficient (Wildman–Crippen LogP) is 1.54. The van der Waals surface area contributed by atoms with Gasteiger partial charge >= 0.3 is 11.9 Å². The lowest BCUT2D eigenvalue weighted by atomic mass is 10.5. The molecular weight excluding hydrogens is 311 g/mol. The maximum absolute atomic E-state index is 11.9. The molecule has 108 valence electrons. The molecule has 2 N–H and O–H groups in total. The number of thiophene rings is 1. The third-order valence-electron chi connectivity index (χ3n) is 1.84. The van der Waals surface area contributed by atoms with E-state index in [1.807, 2.05) is 0 Å².